The fraction of sp³-hybridized carbons (Fsp3) is 0.500. The van der Waals surface area contributed by atoms with Crippen LogP contribution in [0.15, 0.2) is 29.2 Å². The van der Waals surface area contributed by atoms with Crippen molar-refractivity contribution < 1.29 is 18.7 Å². The summed E-state index contributed by atoms with van der Waals surface area (Å²) < 4.78 is 24.8. The number of benzene rings is 1. The lowest BCUT2D eigenvalue weighted by Crippen LogP contribution is -2.32. The zero-order chi connectivity index (χ0) is 15.8. The van der Waals surface area contributed by atoms with Gasteiger partial charge in [-0.1, -0.05) is 37.7 Å². The molecule has 21 heavy (non-hydrogen) atoms. The van der Waals surface area contributed by atoms with Crippen molar-refractivity contribution in [1.29, 1.82) is 0 Å². The molecule has 1 aromatic carbocycles. The van der Waals surface area contributed by atoms with E-state index in [0.717, 1.165) is 0 Å². The largest absolute Gasteiger partial charge is 0.393 e. The molecule has 0 fully saturated rings. The number of hydrogen-bond donors (Lipinski definition) is 3. The monoisotopic (exact) mass is 318 g/mol. The quantitative estimate of drug-likeness (QED) is 0.674. The molecule has 1 aromatic rings. The average Bonchev–Trinajstić information content (AvgIpc) is 2.40. The molecular weight excluding hydrogens is 298 g/mol. The highest BCUT2D eigenvalue weighted by atomic mass is 32.2. The van der Waals surface area contributed by atoms with Crippen molar-refractivity contribution in [3.05, 3.63) is 24.3 Å². The van der Waals surface area contributed by atoms with Crippen LogP contribution in [0.3, 0.4) is 0 Å². The van der Waals surface area contributed by atoms with Crippen molar-refractivity contribution in [3.8, 4) is 0 Å². The molecule has 0 saturated carbocycles. The Morgan fingerprint density at radius 3 is 2.62 bits per heavy atom. The Kier molecular flexibility index (Phi) is 7.45. The Hall–Kier alpha value is -1.34. The first-order chi connectivity index (χ1) is 9.90. The summed E-state index contributed by atoms with van der Waals surface area (Å²) in [5.41, 5.74) is 0.338. The lowest BCUT2D eigenvalue weighted by molar-refractivity contribution is 0.117. The standard InChI is InChI=1S/C14H20F2N2O2S/c1-9(2)11(19)7-8-17-14(20)18-10-5-3-4-6-12(10)21-13(15)16/h3-6,9,11,13,19H,7-8H2,1-2H3,(H2,17,18,20). The molecule has 118 valence electrons. The molecule has 2 amide bonds. The molecular formula is C14H20F2N2O2S. The number of halogens is 2. The van der Waals surface area contributed by atoms with E-state index < -0.39 is 17.9 Å². The SMILES string of the molecule is CC(C)C(O)CCNC(=O)Nc1ccccc1SC(F)F. The van der Waals surface area contributed by atoms with Crippen molar-refractivity contribution in [2.75, 3.05) is 11.9 Å². The highest BCUT2D eigenvalue weighted by Crippen LogP contribution is 2.31. The van der Waals surface area contributed by atoms with E-state index in [9.17, 15) is 18.7 Å². The number of aliphatic hydroxyl groups is 1. The van der Waals surface area contributed by atoms with Gasteiger partial charge in [-0.2, -0.15) is 8.78 Å². The number of carbonyl (C=O) groups is 1. The third-order valence-electron chi connectivity index (χ3n) is 2.85. The van der Waals surface area contributed by atoms with E-state index in [1.165, 1.54) is 6.07 Å². The molecule has 7 heteroatoms. The lowest BCUT2D eigenvalue weighted by Gasteiger charge is -2.15. The van der Waals surface area contributed by atoms with Crippen molar-refractivity contribution in [2.24, 2.45) is 5.92 Å². The maximum atomic E-state index is 12.4. The minimum Gasteiger partial charge on any atom is -0.393 e. The zero-order valence-corrected chi connectivity index (χ0v) is 12.8. The molecule has 0 saturated heterocycles. The maximum absolute atomic E-state index is 12.4. The fourth-order valence-corrected chi connectivity index (χ4v) is 2.20. The van der Waals surface area contributed by atoms with Gasteiger partial charge in [0, 0.05) is 11.4 Å². The molecule has 0 spiro atoms. The lowest BCUT2D eigenvalue weighted by atomic mass is 10.0. The molecule has 0 aliphatic heterocycles. The number of amides is 2. The molecule has 4 nitrogen and oxygen atoms in total. The van der Waals surface area contributed by atoms with Gasteiger partial charge in [0.05, 0.1) is 11.8 Å². The molecule has 1 unspecified atom stereocenters. The Morgan fingerprint density at radius 2 is 2.00 bits per heavy atom. The van der Waals surface area contributed by atoms with Crippen LogP contribution in [0.4, 0.5) is 19.3 Å². The summed E-state index contributed by atoms with van der Waals surface area (Å²) in [6.45, 7) is 4.10. The minimum atomic E-state index is -2.54. The van der Waals surface area contributed by atoms with Gasteiger partial charge in [-0.3, -0.25) is 0 Å². The van der Waals surface area contributed by atoms with Gasteiger partial charge >= 0.3 is 6.03 Å². The fourth-order valence-electron chi connectivity index (χ4n) is 1.60. The van der Waals surface area contributed by atoms with Crippen LogP contribution in [0, 0.1) is 5.92 Å². The highest BCUT2D eigenvalue weighted by molar-refractivity contribution is 7.99. The minimum absolute atomic E-state index is 0.123. The van der Waals surface area contributed by atoms with Gasteiger partial charge in [-0.25, -0.2) is 4.79 Å². The number of urea groups is 1. The van der Waals surface area contributed by atoms with E-state index in [1.807, 2.05) is 13.8 Å². The van der Waals surface area contributed by atoms with Crippen LogP contribution in [0.1, 0.15) is 20.3 Å². The van der Waals surface area contributed by atoms with Crippen molar-refractivity contribution in [3.63, 3.8) is 0 Å². The van der Waals surface area contributed by atoms with Crippen LogP contribution in [-0.4, -0.2) is 29.5 Å². The van der Waals surface area contributed by atoms with E-state index >= 15 is 0 Å². The number of rotatable bonds is 7. The molecule has 1 atom stereocenters. The topological polar surface area (TPSA) is 61.4 Å². The number of anilines is 1. The average molecular weight is 318 g/mol. The number of alkyl halides is 2. The first-order valence-corrected chi connectivity index (χ1v) is 7.55. The first kappa shape index (κ1) is 17.7. The number of thioether (sulfide) groups is 1. The summed E-state index contributed by atoms with van der Waals surface area (Å²) in [6.07, 6.45) is -0.0367. The van der Waals surface area contributed by atoms with Gasteiger partial charge in [0.15, 0.2) is 0 Å². The predicted octanol–water partition coefficient (Wildman–Crippen LogP) is 3.53. The number of para-hydroxylation sites is 1. The molecule has 0 heterocycles. The van der Waals surface area contributed by atoms with E-state index in [-0.39, 0.29) is 5.92 Å². The molecule has 0 radical (unpaired) electrons. The third-order valence-corrected chi connectivity index (χ3v) is 3.63. The summed E-state index contributed by atoms with van der Waals surface area (Å²) >= 11 is 0.384. The van der Waals surface area contributed by atoms with Gasteiger partial charge in [0.1, 0.15) is 0 Å². The highest BCUT2D eigenvalue weighted by Gasteiger charge is 2.12. The smallest absolute Gasteiger partial charge is 0.319 e. The maximum Gasteiger partial charge on any atom is 0.319 e. The Bertz CT molecular complexity index is 458. The molecule has 0 aliphatic carbocycles. The first-order valence-electron chi connectivity index (χ1n) is 6.67. The number of carbonyl (C=O) groups excluding carboxylic acids is 1. The summed E-state index contributed by atoms with van der Waals surface area (Å²) in [4.78, 5) is 12.0. The van der Waals surface area contributed by atoms with Crippen LogP contribution >= 0.6 is 11.8 Å². The van der Waals surface area contributed by atoms with Gasteiger partial charge in [0.2, 0.25) is 0 Å². The van der Waals surface area contributed by atoms with Crippen LogP contribution in [0.2, 0.25) is 0 Å². The van der Waals surface area contributed by atoms with E-state index in [0.29, 0.717) is 35.3 Å². The molecule has 0 bridgehead atoms. The van der Waals surface area contributed by atoms with Crippen LogP contribution in [-0.2, 0) is 0 Å². The third kappa shape index (κ3) is 6.77. The second-order valence-electron chi connectivity index (χ2n) is 4.86. The van der Waals surface area contributed by atoms with Gasteiger partial charge in [-0.15, -0.1) is 0 Å². The van der Waals surface area contributed by atoms with Crippen molar-refractivity contribution in [2.45, 2.75) is 37.0 Å². The molecule has 0 aliphatic rings. The van der Waals surface area contributed by atoms with Gasteiger partial charge < -0.3 is 15.7 Å². The normalized spacial score (nSPS) is 12.5. The number of nitrogens with one attached hydrogen (secondary N) is 2. The predicted molar refractivity (Wildman–Crippen MR) is 80.8 cm³/mol. The summed E-state index contributed by atoms with van der Waals surface area (Å²) in [5, 5.41) is 14.7. The second-order valence-corrected chi connectivity index (χ2v) is 5.89. The van der Waals surface area contributed by atoms with E-state index in [2.05, 4.69) is 10.6 Å². The molecule has 3 N–H and O–H groups in total. The molecule has 0 aromatic heterocycles. The number of hydrogen-bond acceptors (Lipinski definition) is 3. The second kappa shape index (κ2) is 8.84. The van der Waals surface area contributed by atoms with Crippen molar-refractivity contribution in [1.82, 2.24) is 5.32 Å². The van der Waals surface area contributed by atoms with Crippen molar-refractivity contribution >= 4 is 23.5 Å². The van der Waals surface area contributed by atoms with Crippen LogP contribution < -0.4 is 10.6 Å². The van der Waals surface area contributed by atoms with Gasteiger partial charge in [-0.05, 0) is 24.5 Å². The zero-order valence-electron chi connectivity index (χ0n) is 12.0. The summed E-state index contributed by atoms with van der Waals surface area (Å²) in [5.74, 6) is -2.42. The Balaban J connectivity index is 2.48. The van der Waals surface area contributed by atoms with Gasteiger partial charge in [0.25, 0.3) is 5.76 Å². The van der Waals surface area contributed by atoms with Crippen LogP contribution in [0.5, 0.6) is 0 Å². The molecule has 1 rings (SSSR count). The Morgan fingerprint density at radius 1 is 1.33 bits per heavy atom. The number of aliphatic hydroxyl groups excluding tert-OH is 1. The Labute approximate surface area is 127 Å². The van der Waals surface area contributed by atoms with E-state index in [4.69, 9.17) is 0 Å². The summed E-state index contributed by atoms with van der Waals surface area (Å²) in [7, 11) is 0. The van der Waals surface area contributed by atoms with E-state index in [1.54, 1.807) is 18.2 Å². The summed E-state index contributed by atoms with van der Waals surface area (Å²) in [6, 6.07) is 5.90. The van der Waals surface area contributed by atoms with Crippen LogP contribution in [0.25, 0.3) is 0 Å².